The molecule has 51 heavy (non-hydrogen) atoms. The largest absolute Gasteiger partial charge is 0.463 e. The summed E-state index contributed by atoms with van der Waals surface area (Å²) in [6, 6.07) is 0. The third-order valence-corrected chi connectivity index (χ3v) is 8.87. The van der Waals surface area contributed by atoms with Crippen molar-refractivity contribution in [1.29, 1.82) is 0 Å². The van der Waals surface area contributed by atoms with Crippen LogP contribution in [0, 0.1) is 0 Å². The molecule has 0 amide bonds. The lowest BCUT2D eigenvalue weighted by atomic mass is 10.0. The van der Waals surface area contributed by atoms with Gasteiger partial charge in [0.1, 0.15) is 19.3 Å². The molecule has 6 nitrogen and oxygen atoms in total. The van der Waals surface area contributed by atoms with Gasteiger partial charge in [-0.3, -0.25) is 9.59 Å². The lowest BCUT2D eigenvalue weighted by molar-refractivity contribution is -0.152. The number of allylic oxidation sites excluding steroid dienone is 9. The minimum Gasteiger partial charge on any atom is -0.463 e. The second kappa shape index (κ2) is 40.3. The molecular formula is C45H78O6. The summed E-state index contributed by atoms with van der Waals surface area (Å²) in [7, 11) is 0. The number of unbranched alkanes of at least 4 members (excludes halogenated alkanes) is 18. The van der Waals surface area contributed by atoms with Crippen LogP contribution >= 0.6 is 0 Å². The molecule has 0 aromatic heterocycles. The van der Waals surface area contributed by atoms with Gasteiger partial charge in [0.25, 0.3) is 0 Å². The zero-order chi connectivity index (χ0) is 37.3. The van der Waals surface area contributed by atoms with Gasteiger partial charge in [-0.25, -0.2) is 0 Å². The highest BCUT2D eigenvalue weighted by Gasteiger charge is 2.12. The average molecular weight is 715 g/mol. The van der Waals surface area contributed by atoms with Crippen molar-refractivity contribution >= 4 is 11.9 Å². The van der Waals surface area contributed by atoms with E-state index in [0.717, 1.165) is 44.9 Å². The maximum atomic E-state index is 12.0. The van der Waals surface area contributed by atoms with Crippen LogP contribution in [0.4, 0.5) is 0 Å². The molecule has 0 rings (SSSR count). The quantitative estimate of drug-likeness (QED) is 0.0288. The number of ether oxygens (including phenoxy) is 2. The van der Waals surface area contributed by atoms with Crippen LogP contribution in [0.5, 0.6) is 0 Å². The maximum Gasteiger partial charge on any atom is 0.305 e. The summed E-state index contributed by atoms with van der Waals surface area (Å²) in [5.74, 6) is -0.760. The molecule has 2 N–H and O–H groups in total. The number of rotatable bonds is 37. The van der Waals surface area contributed by atoms with Gasteiger partial charge in [-0.1, -0.05) is 190 Å². The van der Waals surface area contributed by atoms with E-state index < -0.39 is 18.2 Å². The highest BCUT2D eigenvalue weighted by atomic mass is 16.6. The van der Waals surface area contributed by atoms with E-state index in [2.05, 4.69) is 50.3 Å². The van der Waals surface area contributed by atoms with Gasteiger partial charge in [-0.2, -0.15) is 0 Å². The number of aliphatic hydroxyl groups is 2. The van der Waals surface area contributed by atoms with Gasteiger partial charge in [-0.05, 0) is 44.9 Å². The molecule has 0 bridgehead atoms. The van der Waals surface area contributed by atoms with E-state index in [9.17, 15) is 19.8 Å². The molecule has 0 radical (unpaired) electrons. The van der Waals surface area contributed by atoms with Crippen LogP contribution < -0.4 is 0 Å². The Kier molecular flexibility index (Phi) is 38.4. The molecule has 0 saturated carbocycles. The van der Waals surface area contributed by atoms with Crippen LogP contribution in [0.25, 0.3) is 0 Å². The topological polar surface area (TPSA) is 93.1 Å². The van der Waals surface area contributed by atoms with Crippen molar-refractivity contribution in [2.75, 3.05) is 13.2 Å². The molecule has 1 unspecified atom stereocenters. The van der Waals surface area contributed by atoms with Gasteiger partial charge < -0.3 is 19.7 Å². The Morgan fingerprint density at radius 1 is 0.490 bits per heavy atom. The molecule has 0 aliphatic carbocycles. The van der Waals surface area contributed by atoms with Crippen LogP contribution in [-0.2, 0) is 19.1 Å². The van der Waals surface area contributed by atoms with Crippen molar-refractivity contribution in [3.05, 3.63) is 60.8 Å². The van der Waals surface area contributed by atoms with E-state index in [1.165, 1.54) is 103 Å². The van der Waals surface area contributed by atoms with Gasteiger partial charge in [0.05, 0.1) is 6.10 Å². The molecule has 294 valence electrons. The minimum absolute atomic E-state index is 0.154. The third kappa shape index (κ3) is 40.2. The fraction of sp³-hybridized carbons (Fsp3) is 0.733. The second-order valence-electron chi connectivity index (χ2n) is 13.9. The fourth-order valence-electron chi connectivity index (χ4n) is 5.70. The normalized spacial score (nSPS) is 13.4. The van der Waals surface area contributed by atoms with Gasteiger partial charge in [-0.15, -0.1) is 0 Å². The monoisotopic (exact) mass is 715 g/mol. The summed E-state index contributed by atoms with van der Waals surface area (Å²) in [6.07, 6.45) is 48.9. The van der Waals surface area contributed by atoms with Crippen molar-refractivity contribution in [1.82, 2.24) is 0 Å². The van der Waals surface area contributed by atoms with E-state index >= 15 is 0 Å². The highest BCUT2D eigenvalue weighted by molar-refractivity contribution is 5.69. The van der Waals surface area contributed by atoms with E-state index in [1.54, 1.807) is 6.08 Å². The summed E-state index contributed by atoms with van der Waals surface area (Å²) in [5.41, 5.74) is 0. The van der Waals surface area contributed by atoms with Crippen LogP contribution in [0.2, 0.25) is 0 Å². The smallest absolute Gasteiger partial charge is 0.305 e. The van der Waals surface area contributed by atoms with E-state index in [-0.39, 0.29) is 25.6 Å². The molecular weight excluding hydrogens is 636 g/mol. The molecule has 2 atom stereocenters. The fourth-order valence-corrected chi connectivity index (χ4v) is 5.70. The Bertz CT molecular complexity index is 918. The first-order valence-corrected chi connectivity index (χ1v) is 20.9. The predicted molar refractivity (Wildman–Crippen MR) is 216 cm³/mol. The molecule has 0 fully saturated rings. The zero-order valence-corrected chi connectivity index (χ0v) is 33.0. The van der Waals surface area contributed by atoms with Crippen molar-refractivity contribution in [2.24, 2.45) is 0 Å². The number of esters is 2. The predicted octanol–water partition coefficient (Wildman–Crippen LogP) is 12.1. The molecule has 0 aromatic carbocycles. The van der Waals surface area contributed by atoms with Crippen molar-refractivity contribution in [3.63, 3.8) is 0 Å². The summed E-state index contributed by atoms with van der Waals surface area (Å²) < 4.78 is 10.2. The molecule has 0 aromatic rings. The molecule has 0 saturated heterocycles. The molecule has 0 heterocycles. The molecule has 0 aliphatic heterocycles. The highest BCUT2D eigenvalue weighted by Crippen LogP contribution is 2.15. The van der Waals surface area contributed by atoms with Crippen molar-refractivity contribution in [3.8, 4) is 0 Å². The standard InChI is InChI=1S/C45H78O6/c1-3-5-7-9-11-13-15-17-18-19-20-21-22-24-26-28-30-32-34-38-44(48)50-40-43(47)41-51-45(49)39-35-37-42(46)36-33-31-29-27-25-23-16-14-12-10-8-6-4-2/h6,8,12,14,23,25,29,31,33,36,42-43,46-47H,3-5,7,9-11,13,15-22,24,26-28,30,32,34-35,37-41H2,1-2H3/b8-6-,14-12-,25-23-,31-29-,36-33+/t42?,43-/m0/s1. The Hall–Kier alpha value is -2.44. The van der Waals surface area contributed by atoms with E-state index in [0.29, 0.717) is 19.3 Å². The van der Waals surface area contributed by atoms with Gasteiger partial charge in [0, 0.05) is 12.8 Å². The first-order valence-electron chi connectivity index (χ1n) is 20.9. The number of carbonyl (C=O) groups excluding carboxylic acids is 2. The average Bonchev–Trinajstić information content (AvgIpc) is 3.12. The van der Waals surface area contributed by atoms with Crippen LogP contribution in [0.1, 0.15) is 187 Å². The van der Waals surface area contributed by atoms with Gasteiger partial charge >= 0.3 is 11.9 Å². The summed E-state index contributed by atoms with van der Waals surface area (Å²) in [6.45, 7) is 4.03. The number of carbonyl (C=O) groups is 2. The van der Waals surface area contributed by atoms with E-state index in [4.69, 9.17) is 9.47 Å². The lowest BCUT2D eigenvalue weighted by Gasteiger charge is -2.12. The summed E-state index contributed by atoms with van der Waals surface area (Å²) >= 11 is 0. The summed E-state index contributed by atoms with van der Waals surface area (Å²) in [4.78, 5) is 24.0. The first kappa shape index (κ1) is 48.6. The van der Waals surface area contributed by atoms with Crippen molar-refractivity contribution < 1.29 is 29.3 Å². The maximum absolute atomic E-state index is 12.0. The van der Waals surface area contributed by atoms with Crippen LogP contribution in [-0.4, -0.2) is 47.6 Å². The first-order chi connectivity index (χ1) is 25.0. The Morgan fingerprint density at radius 2 is 0.882 bits per heavy atom. The van der Waals surface area contributed by atoms with Crippen LogP contribution in [0.15, 0.2) is 60.8 Å². The van der Waals surface area contributed by atoms with Crippen molar-refractivity contribution in [2.45, 2.75) is 199 Å². The van der Waals surface area contributed by atoms with Crippen LogP contribution in [0.3, 0.4) is 0 Å². The SMILES string of the molecule is CC/C=C\C/C=C\C/C=C\C/C=C\C=C\C(O)CCCC(=O)OC[C@@H](O)COC(=O)CCCCCCCCCCCCCCCCCCCCC. The second-order valence-corrected chi connectivity index (χ2v) is 13.9. The molecule has 0 aliphatic rings. The van der Waals surface area contributed by atoms with Gasteiger partial charge in [0.2, 0.25) is 0 Å². The number of aliphatic hydroxyl groups excluding tert-OH is 2. The summed E-state index contributed by atoms with van der Waals surface area (Å²) in [5, 5.41) is 20.1. The number of hydrogen-bond donors (Lipinski definition) is 2. The Morgan fingerprint density at radius 3 is 1.33 bits per heavy atom. The lowest BCUT2D eigenvalue weighted by Crippen LogP contribution is -2.25. The van der Waals surface area contributed by atoms with Gasteiger partial charge in [0.15, 0.2) is 0 Å². The molecule has 0 spiro atoms. The molecule has 6 heteroatoms. The Balaban J connectivity index is 3.58. The third-order valence-electron chi connectivity index (χ3n) is 8.87. The minimum atomic E-state index is -1.04. The number of hydrogen-bond acceptors (Lipinski definition) is 6. The van der Waals surface area contributed by atoms with E-state index in [1.807, 2.05) is 18.2 Å². The Labute approximate surface area is 313 Å². The zero-order valence-electron chi connectivity index (χ0n) is 33.0.